The summed E-state index contributed by atoms with van der Waals surface area (Å²) in [5, 5.41) is 0. The van der Waals surface area contributed by atoms with Crippen LogP contribution in [0.15, 0.2) is 0 Å². The van der Waals surface area contributed by atoms with Gasteiger partial charge in [0.2, 0.25) is 11.8 Å². The van der Waals surface area contributed by atoms with Crippen molar-refractivity contribution in [3.05, 3.63) is 0 Å². The van der Waals surface area contributed by atoms with E-state index in [4.69, 9.17) is 0 Å². The summed E-state index contributed by atoms with van der Waals surface area (Å²) in [6.07, 6.45) is 0. The van der Waals surface area contributed by atoms with Gasteiger partial charge in [0.05, 0.1) is 11.4 Å². The highest BCUT2D eigenvalue weighted by Gasteiger charge is 2.19. The van der Waals surface area contributed by atoms with Crippen LogP contribution >= 0.6 is 15.9 Å². The molecule has 0 saturated carbocycles. The third-order valence-electron chi connectivity index (χ3n) is 2.21. The Morgan fingerprint density at radius 2 is 1.73 bits per heavy atom. The van der Waals surface area contributed by atoms with E-state index >= 15 is 0 Å². The molecule has 0 aromatic heterocycles. The molecular formula is C10H19BrN2O2. The van der Waals surface area contributed by atoms with Gasteiger partial charge in [-0.2, -0.15) is 0 Å². The van der Waals surface area contributed by atoms with Crippen LogP contribution in [0.4, 0.5) is 0 Å². The van der Waals surface area contributed by atoms with Crippen LogP contribution in [0, 0.1) is 0 Å². The Morgan fingerprint density at radius 1 is 1.27 bits per heavy atom. The van der Waals surface area contributed by atoms with Crippen molar-refractivity contribution in [3.63, 3.8) is 0 Å². The van der Waals surface area contributed by atoms with Crippen molar-refractivity contribution in [1.82, 2.24) is 9.80 Å². The van der Waals surface area contributed by atoms with E-state index in [2.05, 4.69) is 15.9 Å². The number of alkyl halides is 1. The smallest absolute Gasteiger partial charge is 0.242 e. The van der Waals surface area contributed by atoms with Crippen LogP contribution in [-0.4, -0.2) is 53.1 Å². The van der Waals surface area contributed by atoms with Crippen LogP contribution in [0.2, 0.25) is 0 Å². The monoisotopic (exact) mass is 278 g/mol. The predicted octanol–water partition coefficient (Wildman–Crippen LogP) is 1.10. The van der Waals surface area contributed by atoms with Crippen LogP contribution in [0.25, 0.3) is 0 Å². The minimum Gasteiger partial charge on any atom is -0.342 e. The number of likely N-dealkylation sites (N-methyl/N-ethyl adjacent to an activating group) is 2. The standard InChI is InChI=1S/C10H19BrN2O2/c1-5-13(6-2)9(14)7-12(4)10(15)8(3)11/h8H,5-7H2,1-4H3. The van der Waals surface area contributed by atoms with E-state index < -0.39 is 0 Å². The predicted molar refractivity (Wildman–Crippen MR) is 64.0 cm³/mol. The van der Waals surface area contributed by atoms with Crippen molar-refractivity contribution >= 4 is 27.7 Å². The fourth-order valence-corrected chi connectivity index (χ4v) is 1.61. The van der Waals surface area contributed by atoms with Crippen molar-refractivity contribution in [3.8, 4) is 0 Å². The molecule has 88 valence electrons. The molecule has 1 unspecified atom stereocenters. The first kappa shape index (κ1) is 14.4. The van der Waals surface area contributed by atoms with Gasteiger partial charge in [0.15, 0.2) is 0 Å². The van der Waals surface area contributed by atoms with Crippen molar-refractivity contribution < 1.29 is 9.59 Å². The second-order valence-electron chi connectivity index (χ2n) is 3.38. The highest BCUT2D eigenvalue weighted by Crippen LogP contribution is 2.02. The van der Waals surface area contributed by atoms with Crippen LogP contribution in [0.3, 0.4) is 0 Å². The minimum absolute atomic E-state index is 0.0102. The zero-order valence-corrected chi connectivity index (χ0v) is 11.4. The molecule has 2 amide bonds. The summed E-state index contributed by atoms with van der Waals surface area (Å²) in [6, 6.07) is 0. The molecule has 0 aliphatic carbocycles. The maximum Gasteiger partial charge on any atom is 0.242 e. The Morgan fingerprint density at radius 3 is 2.07 bits per heavy atom. The van der Waals surface area contributed by atoms with E-state index in [1.54, 1.807) is 18.9 Å². The second kappa shape index (κ2) is 6.82. The lowest BCUT2D eigenvalue weighted by atomic mass is 10.3. The lowest BCUT2D eigenvalue weighted by Gasteiger charge is -2.23. The number of nitrogens with zero attached hydrogens (tertiary/aromatic N) is 2. The largest absolute Gasteiger partial charge is 0.342 e. The van der Waals surface area contributed by atoms with Gasteiger partial charge in [0.25, 0.3) is 0 Å². The molecule has 5 heteroatoms. The molecule has 15 heavy (non-hydrogen) atoms. The number of rotatable bonds is 5. The van der Waals surface area contributed by atoms with Gasteiger partial charge in [0.1, 0.15) is 0 Å². The Hall–Kier alpha value is -0.580. The highest BCUT2D eigenvalue weighted by atomic mass is 79.9. The summed E-state index contributed by atoms with van der Waals surface area (Å²) in [5.74, 6) is -0.0838. The molecule has 0 fully saturated rings. The molecule has 0 heterocycles. The molecule has 0 rings (SSSR count). The first-order chi connectivity index (χ1) is 6.93. The molecule has 4 nitrogen and oxygen atoms in total. The number of hydrogen-bond donors (Lipinski definition) is 0. The molecule has 0 spiro atoms. The van der Waals surface area contributed by atoms with Crippen molar-refractivity contribution in [2.75, 3.05) is 26.7 Å². The molecule has 0 N–H and O–H groups in total. The van der Waals surface area contributed by atoms with E-state index in [1.165, 1.54) is 4.90 Å². The number of halogens is 1. The molecule has 0 saturated heterocycles. The van der Waals surface area contributed by atoms with Gasteiger partial charge in [-0.3, -0.25) is 9.59 Å². The van der Waals surface area contributed by atoms with Crippen molar-refractivity contribution in [1.29, 1.82) is 0 Å². The van der Waals surface area contributed by atoms with Gasteiger partial charge < -0.3 is 9.80 Å². The highest BCUT2D eigenvalue weighted by molar-refractivity contribution is 9.10. The van der Waals surface area contributed by atoms with Crippen LogP contribution in [-0.2, 0) is 9.59 Å². The normalized spacial score (nSPS) is 12.1. The minimum atomic E-state index is -0.244. The molecule has 0 bridgehead atoms. The van der Waals surface area contributed by atoms with Crippen LogP contribution < -0.4 is 0 Å². The fourth-order valence-electron chi connectivity index (χ4n) is 1.26. The topological polar surface area (TPSA) is 40.6 Å². The van der Waals surface area contributed by atoms with Gasteiger partial charge in [-0.1, -0.05) is 15.9 Å². The summed E-state index contributed by atoms with van der Waals surface area (Å²) in [7, 11) is 1.64. The lowest BCUT2D eigenvalue weighted by Crippen LogP contribution is -2.42. The summed E-state index contributed by atoms with van der Waals surface area (Å²) >= 11 is 3.19. The Labute approximate surface area is 99.7 Å². The van der Waals surface area contributed by atoms with E-state index in [0.717, 1.165) is 0 Å². The maximum atomic E-state index is 11.7. The number of hydrogen-bond acceptors (Lipinski definition) is 2. The Bertz CT molecular complexity index is 227. The SMILES string of the molecule is CCN(CC)C(=O)CN(C)C(=O)C(C)Br. The van der Waals surface area contributed by atoms with Crippen LogP contribution in [0.5, 0.6) is 0 Å². The number of carbonyl (C=O) groups excluding carboxylic acids is 2. The second-order valence-corrected chi connectivity index (χ2v) is 4.75. The molecule has 0 aliphatic rings. The molecule has 1 atom stereocenters. The third-order valence-corrected chi connectivity index (χ3v) is 2.60. The van der Waals surface area contributed by atoms with Gasteiger partial charge in [0, 0.05) is 20.1 Å². The van der Waals surface area contributed by atoms with E-state index in [1.807, 2.05) is 13.8 Å². The van der Waals surface area contributed by atoms with Gasteiger partial charge in [-0.25, -0.2) is 0 Å². The number of amides is 2. The molecular weight excluding hydrogens is 260 g/mol. The van der Waals surface area contributed by atoms with Gasteiger partial charge in [-0.05, 0) is 20.8 Å². The molecule has 0 radical (unpaired) electrons. The van der Waals surface area contributed by atoms with Crippen LogP contribution in [0.1, 0.15) is 20.8 Å². The van der Waals surface area contributed by atoms with E-state index in [-0.39, 0.29) is 23.2 Å². The lowest BCUT2D eigenvalue weighted by molar-refractivity contribution is -0.138. The summed E-state index contributed by atoms with van der Waals surface area (Å²) < 4.78 is 0. The zero-order chi connectivity index (χ0) is 12.0. The summed E-state index contributed by atoms with van der Waals surface area (Å²) in [4.78, 5) is 26.1. The molecule has 0 aromatic carbocycles. The van der Waals surface area contributed by atoms with E-state index in [9.17, 15) is 9.59 Å². The average molecular weight is 279 g/mol. The molecule has 0 aromatic rings. The number of carbonyl (C=O) groups is 2. The first-order valence-electron chi connectivity index (χ1n) is 5.10. The molecule has 0 aliphatic heterocycles. The first-order valence-corrected chi connectivity index (χ1v) is 6.02. The average Bonchev–Trinajstić information content (AvgIpc) is 2.18. The summed E-state index contributed by atoms with van der Waals surface area (Å²) in [5.41, 5.74) is 0. The van der Waals surface area contributed by atoms with Crippen molar-refractivity contribution in [2.45, 2.75) is 25.6 Å². The summed E-state index contributed by atoms with van der Waals surface area (Å²) in [6.45, 7) is 7.12. The quantitative estimate of drug-likeness (QED) is 0.707. The fraction of sp³-hybridized carbons (Fsp3) is 0.800. The Balaban J connectivity index is 4.23. The zero-order valence-electron chi connectivity index (χ0n) is 9.79. The Kier molecular flexibility index (Phi) is 6.56. The van der Waals surface area contributed by atoms with Gasteiger partial charge >= 0.3 is 0 Å². The van der Waals surface area contributed by atoms with Gasteiger partial charge in [-0.15, -0.1) is 0 Å². The third kappa shape index (κ3) is 4.64. The van der Waals surface area contributed by atoms with Crippen molar-refractivity contribution in [2.24, 2.45) is 0 Å². The van der Waals surface area contributed by atoms with E-state index in [0.29, 0.717) is 13.1 Å². The maximum absolute atomic E-state index is 11.7.